The van der Waals surface area contributed by atoms with E-state index in [1.54, 1.807) is 0 Å². The molecule has 1 aromatic rings. The van der Waals surface area contributed by atoms with Crippen LogP contribution in [0.3, 0.4) is 0 Å². The Balaban J connectivity index is 1.82. The van der Waals surface area contributed by atoms with Crippen LogP contribution in [0.25, 0.3) is 0 Å². The molecular weight excluding hydrogens is 260 g/mol. The Hall–Kier alpha value is -1.13. The Morgan fingerprint density at radius 3 is 2.86 bits per heavy atom. The highest BCUT2D eigenvalue weighted by molar-refractivity contribution is 5.50. The molecule has 3 rings (SSSR count). The maximum Gasteiger partial charge on any atom is 0.133 e. The maximum atomic E-state index is 5.98. The number of rotatable bonds is 4. The van der Waals surface area contributed by atoms with Gasteiger partial charge < -0.3 is 15.5 Å². The quantitative estimate of drug-likeness (QED) is 0.920. The number of pyridine rings is 1. The summed E-state index contributed by atoms with van der Waals surface area (Å²) < 4.78 is 0. The minimum absolute atomic E-state index is 0.584. The molecule has 116 valence electrons. The van der Waals surface area contributed by atoms with Crippen molar-refractivity contribution in [2.75, 3.05) is 32.1 Å². The van der Waals surface area contributed by atoms with Crippen LogP contribution in [0.5, 0.6) is 0 Å². The first-order chi connectivity index (χ1) is 10.2. The highest BCUT2D eigenvalue weighted by Gasteiger charge is 2.24. The minimum atomic E-state index is 0.584. The van der Waals surface area contributed by atoms with E-state index in [4.69, 9.17) is 10.7 Å². The molecular formula is C17H28N4. The molecule has 1 fully saturated rings. The molecule has 1 aliphatic carbocycles. The Labute approximate surface area is 128 Å². The molecule has 0 aromatic carbocycles. The summed E-state index contributed by atoms with van der Waals surface area (Å²) in [5, 5.41) is 0. The van der Waals surface area contributed by atoms with Crippen LogP contribution in [0.4, 0.5) is 5.82 Å². The van der Waals surface area contributed by atoms with Gasteiger partial charge in [-0.3, -0.25) is 0 Å². The fourth-order valence-electron chi connectivity index (χ4n) is 3.76. The topological polar surface area (TPSA) is 45.4 Å². The van der Waals surface area contributed by atoms with Crippen LogP contribution in [0.1, 0.15) is 42.5 Å². The van der Waals surface area contributed by atoms with Gasteiger partial charge in [-0.05, 0) is 63.7 Å². The Morgan fingerprint density at radius 1 is 1.33 bits per heavy atom. The third-order valence-electron chi connectivity index (χ3n) is 5.09. The number of aromatic nitrogens is 1. The summed E-state index contributed by atoms with van der Waals surface area (Å²) in [6.45, 7) is 2.86. The first-order valence-corrected chi connectivity index (χ1v) is 8.32. The third kappa shape index (κ3) is 3.06. The summed E-state index contributed by atoms with van der Waals surface area (Å²) >= 11 is 0. The maximum absolute atomic E-state index is 5.98. The SMILES string of the molecule is CN(CC1CCCN1C)c1nc2c(cc1CN)CCCC2. The number of nitrogens with two attached hydrogens (primary N) is 1. The Kier molecular flexibility index (Phi) is 4.45. The summed E-state index contributed by atoms with van der Waals surface area (Å²) in [6, 6.07) is 2.96. The van der Waals surface area contributed by atoms with E-state index < -0.39 is 0 Å². The van der Waals surface area contributed by atoms with E-state index in [0.717, 1.165) is 18.8 Å². The lowest BCUT2D eigenvalue weighted by Gasteiger charge is -2.29. The van der Waals surface area contributed by atoms with Crippen molar-refractivity contribution in [3.63, 3.8) is 0 Å². The fourth-order valence-corrected chi connectivity index (χ4v) is 3.76. The van der Waals surface area contributed by atoms with Crippen LogP contribution >= 0.6 is 0 Å². The standard InChI is InChI=1S/C17H28N4/c1-20-9-5-7-15(20)12-21(2)17-14(11-18)10-13-6-3-4-8-16(13)19-17/h10,15H,3-9,11-12,18H2,1-2H3. The average molecular weight is 288 g/mol. The van der Waals surface area contributed by atoms with Gasteiger partial charge in [0.1, 0.15) is 5.82 Å². The highest BCUT2D eigenvalue weighted by atomic mass is 15.2. The predicted molar refractivity (Wildman–Crippen MR) is 87.7 cm³/mol. The lowest BCUT2D eigenvalue weighted by atomic mass is 9.94. The molecule has 0 bridgehead atoms. The minimum Gasteiger partial charge on any atom is -0.358 e. The van der Waals surface area contributed by atoms with Gasteiger partial charge in [-0.2, -0.15) is 0 Å². The van der Waals surface area contributed by atoms with Crippen LogP contribution in [0, 0.1) is 0 Å². The van der Waals surface area contributed by atoms with Crippen LogP contribution < -0.4 is 10.6 Å². The normalized spacial score (nSPS) is 22.3. The molecule has 4 heteroatoms. The van der Waals surface area contributed by atoms with Gasteiger partial charge in [-0.25, -0.2) is 4.98 Å². The molecule has 2 heterocycles. The average Bonchev–Trinajstić information content (AvgIpc) is 2.91. The lowest BCUT2D eigenvalue weighted by Crippen LogP contribution is -2.37. The highest BCUT2D eigenvalue weighted by Crippen LogP contribution is 2.27. The number of nitrogens with zero attached hydrogens (tertiary/aromatic N) is 3. The molecule has 21 heavy (non-hydrogen) atoms. The molecule has 0 radical (unpaired) electrons. The third-order valence-corrected chi connectivity index (χ3v) is 5.09. The summed E-state index contributed by atoms with van der Waals surface area (Å²) in [5.74, 6) is 1.11. The van der Waals surface area contributed by atoms with E-state index in [1.807, 2.05) is 0 Å². The monoisotopic (exact) mass is 288 g/mol. The number of hydrogen-bond donors (Lipinski definition) is 1. The van der Waals surface area contributed by atoms with E-state index in [0.29, 0.717) is 12.6 Å². The largest absolute Gasteiger partial charge is 0.358 e. The van der Waals surface area contributed by atoms with Gasteiger partial charge in [0.05, 0.1) is 0 Å². The number of aryl methyl sites for hydroxylation is 2. The first kappa shape index (κ1) is 14.8. The number of hydrogen-bond acceptors (Lipinski definition) is 4. The zero-order valence-electron chi connectivity index (χ0n) is 13.4. The molecule has 0 saturated carbocycles. The van der Waals surface area contributed by atoms with Crippen LogP contribution in [-0.4, -0.2) is 43.1 Å². The van der Waals surface area contributed by atoms with E-state index in [1.165, 1.54) is 55.5 Å². The van der Waals surface area contributed by atoms with Crippen molar-refractivity contribution >= 4 is 5.82 Å². The summed E-state index contributed by atoms with van der Waals surface area (Å²) in [5.41, 5.74) is 9.92. The molecule has 1 aliphatic heterocycles. The van der Waals surface area contributed by atoms with Crippen molar-refractivity contribution in [1.29, 1.82) is 0 Å². The predicted octanol–water partition coefficient (Wildman–Crippen LogP) is 1.95. The van der Waals surface area contributed by atoms with Crippen molar-refractivity contribution in [2.24, 2.45) is 5.73 Å². The number of anilines is 1. The molecule has 1 atom stereocenters. The van der Waals surface area contributed by atoms with Gasteiger partial charge >= 0.3 is 0 Å². The van der Waals surface area contributed by atoms with Crippen molar-refractivity contribution in [3.8, 4) is 0 Å². The van der Waals surface area contributed by atoms with E-state index in [9.17, 15) is 0 Å². The smallest absolute Gasteiger partial charge is 0.133 e. The Bertz CT molecular complexity index is 500. The van der Waals surface area contributed by atoms with Crippen molar-refractivity contribution in [1.82, 2.24) is 9.88 Å². The van der Waals surface area contributed by atoms with Gasteiger partial charge in [0.2, 0.25) is 0 Å². The zero-order valence-corrected chi connectivity index (χ0v) is 13.4. The molecule has 1 saturated heterocycles. The van der Waals surface area contributed by atoms with Crippen molar-refractivity contribution in [3.05, 3.63) is 22.9 Å². The van der Waals surface area contributed by atoms with Crippen molar-refractivity contribution < 1.29 is 0 Å². The zero-order chi connectivity index (χ0) is 14.8. The van der Waals surface area contributed by atoms with Gasteiger partial charge in [0, 0.05) is 37.4 Å². The van der Waals surface area contributed by atoms with Crippen molar-refractivity contribution in [2.45, 2.75) is 51.1 Å². The molecule has 1 unspecified atom stereocenters. The second kappa shape index (κ2) is 6.32. The van der Waals surface area contributed by atoms with E-state index >= 15 is 0 Å². The van der Waals surface area contributed by atoms with Crippen LogP contribution in [0.15, 0.2) is 6.07 Å². The molecule has 0 amide bonds. The van der Waals surface area contributed by atoms with Gasteiger partial charge in [0.25, 0.3) is 0 Å². The number of likely N-dealkylation sites (N-methyl/N-ethyl adjacent to an activating group) is 2. The second-order valence-corrected chi connectivity index (χ2v) is 6.65. The molecule has 2 aliphatic rings. The van der Waals surface area contributed by atoms with Crippen LogP contribution in [0.2, 0.25) is 0 Å². The van der Waals surface area contributed by atoms with Gasteiger partial charge in [0.15, 0.2) is 0 Å². The van der Waals surface area contributed by atoms with Gasteiger partial charge in [-0.1, -0.05) is 0 Å². The second-order valence-electron chi connectivity index (χ2n) is 6.65. The van der Waals surface area contributed by atoms with E-state index in [2.05, 4.69) is 30.0 Å². The lowest BCUT2D eigenvalue weighted by molar-refractivity contribution is 0.314. The van der Waals surface area contributed by atoms with Gasteiger partial charge in [-0.15, -0.1) is 0 Å². The molecule has 4 nitrogen and oxygen atoms in total. The fraction of sp³-hybridized carbons (Fsp3) is 0.706. The summed E-state index contributed by atoms with van der Waals surface area (Å²) in [6.07, 6.45) is 7.48. The Morgan fingerprint density at radius 2 is 2.14 bits per heavy atom. The van der Waals surface area contributed by atoms with E-state index in [-0.39, 0.29) is 0 Å². The molecule has 0 spiro atoms. The first-order valence-electron chi connectivity index (χ1n) is 8.32. The van der Waals surface area contributed by atoms with Crippen LogP contribution in [-0.2, 0) is 19.4 Å². The molecule has 1 aromatic heterocycles. The summed E-state index contributed by atoms with van der Waals surface area (Å²) in [4.78, 5) is 9.77. The number of fused-ring (bicyclic) bond motifs is 1. The summed E-state index contributed by atoms with van der Waals surface area (Å²) in [7, 11) is 4.40. The molecule has 2 N–H and O–H groups in total. The number of likely N-dealkylation sites (tertiary alicyclic amines) is 1.